The Balaban J connectivity index is 2.15. The molecule has 18 heavy (non-hydrogen) atoms. The van der Waals surface area contributed by atoms with Gasteiger partial charge in [-0.15, -0.1) is 0 Å². The van der Waals surface area contributed by atoms with Crippen molar-refractivity contribution in [2.24, 2.45) is 0 Å². The van der Waals surface area contributed by atoms with Crippen LogP contribution in [0.1, 0.15) is 16.1 Å². The van der Waals surface area contributed by atoms with E-state index in [0.717, 1.165) is 0 Å². The summed E-state index contributed by atoms with van der Waals surface area (Å²) in [5.74, 6) is 0.676. The number of carbonyl (C=O) groups excluding carboxylic acids is 1. The zero-order valence-electron chi connectivity index (χ0n) is 9.96. The number of carbonyl (C=O) groups is 1. The van der Waals surface area contributed by atoms with Crippen LogP contribution in [0.4, 0.5) is 0 Å². The number of Topliss-reactive ketones (excluding diaryl/α,β-unsaturated/α-hetero) is 1. The van der Waals surface area contributed by atoms with Crippen molar-refractivity contribution >= 4 is 5.78 Å². The summed E-state index contributed by atoms with van der Waals surface area (Å²) in [6.07, 6.45) is 1.72. The number of rotatable bonds is 4. The van der Waals surface area contributed by atoms with Gasteiger partial charge in [0.05, 0.1) is 13.7 Å². The van der Waals surface area contributed by atoms with Crippen LogP contribution in [0, 0.1) is 11.3 Å². The Hall–Kier alpha value is -2.54. The molecule has 0 unspecified atom stereocenters. The molecule has 1 heterocycles. The lowest BCUT2D eigenvalue weighted by atomic mass is 10.1. The molecule has 2 aromatic rings. The second kappa shape index (κ2) is 5.19. The first kappa shape index (κ1) is 11.9. The van der Waals surface area contributed by atoms with Crippen LogP contribution < -0.4 is 4.74 Å². The first-order chi connectivity index (χ1) is 8.74. The lowest BCUT2D eigenvalue weighted by Crippen LogP contribution is -2.10. The Morgan fingerprint density at radius 3 is 2.67 bits per heavy atom. The maximum absolute atomic E-state index is 12.0. The van der Waals surface area contributed by atoms with Crippen LogP contribution in [0.2, 0.25) is 0 Å². The van der Waals surface area contributed by atoms with E-state index in [0.29, 0.717) is 17.0 Å². The van der Waals surface area contributed by atoms with Crippen molar-refractivity contribution in [1.29, 1.82) is 5.26 Å². The van der Waals surface area contributed by atoms with Gasteiger partial charge in [0.2, 0.25) is 0 Å². The summed E-state index contributed by atoms with van der Waals surface area (Å²) >= 11 is 0. The van der Waals surface area contributed by atoms with Crippen LogP contribution in [0.15, 0.2) is 42.6 Å². The highest BCUT2D eigenvalue weighted by molar-refractivity contribution is 5.96. The van der Waals surface area contributed by atoms with E-state index >= 15 is 0 Å². The van der Waals surface area contributed by atoms with E-state index in [4.69, 9.17) is 10.00 Å². The van der Waals surface area contributed by atoms with Gasteiger partial charge in [-0.1, -0.05) is 0 Å². The zero-order valence-corrected chi connectivity index (χ0v) is 9.96. The molecule has 0 atom stereocenters. The van der Waals surface area contributed by atoms with Gasteiger partial charge >= 0.3 is 0 Å². The minimum atomic E-state index is -0.0367. The molecule has 1 aromatic heterocycles. The Bertz CT molecular complexity index is 591. The molecule has 2 rings (SSSR count). The van der Waals surface area contributed by atoms with Gasteiger partial charge in [-0.25, -0.2) is 0 Å². The molecule has 0 aliphatic carbocycles. The third-order valence-corrected chi connectivity index (χ3v) is 2.67. The second-order valence-corrected chi connectivity index (χ2v) is 3.78. The SMILES string of the molecule is COc1ccc(C(=O)Cn2cccc2C#N)cc1. The largest absolute Gasteiger partial charge is 0.497 e. The van der Waals surface area contributed by atoms with Crippen molar-refractivity contribution in [3.63, 3.8) is 0 Å². The van der Waals surface area contributed by atoms with E-state index in [1.54, 1.807) is 54.3 Å². The molecule has 0 aliphatic rings. The van der Waals surface area contributed by atoms with Gasteiger partial charge in [0.15, 0.2) is 5.78 Å². The minimum absolute atomic E-state index is 0.0367. The number of ether oxygens (including phenoxy) is 1. The lowest BCUT2D eigenvalue weighted by molar-refractivity contribution is 0.0972. The summed E-state index contributed by atoms with van der Waals surface area (Å²) in [5.41, 5.74) is 1.09. The van der Waals surface area contributed by atoms with Crippen LogP contribution in [-0.2, 0) is 6.54 Å². The number of hydrogen-bond donors (Lipinski definition) is 0. The number of benzene rings is 1. The molecule has 90 valence electrons. The molecule has 0 radical (unpaired) electrons. The summed E-state index contributed by atoms with van der Waals surface area (Å²) < 4.78 is 6.66. The van der Waals surface area contributed by atoms with E-state index in [1.165, 1.54) is 0 Å². The van der Waals surface area contributed by atoms with E-state index in [2.05, 4.69) is 0 Å². The highest BCUT2D eigenvalue weighted by atomic mass is 16.5. The second-order valence-electron chi connectivity index (χ2n) is 3.78. The zero-order chi connectivity index (χ0) is 13.0. The molecule has 0 saturated heterocycles. The molecule has 1 aromatic carbocycles. The van der Waals surface area contributed by atoms with Crippen molar-refractivity contribution in [2.45, 2.75) is 6.54 Å². The number of methoxy groups -OCH3 is 1. The number of hydrogen-bond acceptors (Lipinski definition) is 3. The van der Waals surface area contributed by atoms with Crippen molar-refractivity contribution < 1.29 is 9.53 Å². The summed E-state index contributed by atoms with van der Waals surface area (Å²) in [4.78, 5) is 12.0. The van der Waals surface area contributed by atoms with Gasteiger partial charge in [0, 0.05) is 11.8 Å². The van der Waals surface area contributed by atoms with E-state index < -0.39 is 0 Å². The Kier molecular flexibility index (Phi) is 3.44. The molecule has 0 spiro atoms. The van der Waals surface area contributed by atoms with E-state index in [9.17, 15) is 4.79 Å². The van der Waals surface area contributed by atoms with Gasteiger partial charge in [0.25, 0.3) is 0 Å². The first-order valence-electron chi connectivity index (χ1n) is 5.47. The third-order valence-electron chi connectivity index (χ3n) is 2.67. The average molecular weight is 240 g/mol. The predicted molar refractivity (Wildman–Crippen MR) is 66.5 cm³/mol. The van der Waals surface area contributed by atoms with E-state index in [-0.39, 0.29) is 12.3 Å². The predicted octanol–water partition coefficient (Wildman–Crippen LogP) is 2.25. The minimum Gasteiger partial charge on any atom is -0.497 e. The smallest absolute Gasteiger partial charge is 0.182 e. The van der Waals surface area contributed by atoms with Gasteiger partial charge in [-0.05, 0) is 36.4 Å². The van der Waals surface area contributed by atoms with Crippen molar-refractivity contribution in [2.75, 3.05) is 7.11 Å². The molecule has 4 heteroatoms. The normalized spacial score (nSPS) is 9.78. The summed E-state index contributed by atoms with van der Waals surface area (Å²) in [6, 6.07) is 12.4. The van der Waals surface area contributed by atoms with Gasteiger partial charge in [-0.2, -0.15) is 5.26 Å². The highest BCUT2D eigenvalue weighted by Gasteiger charge is 2.08. The van der Waals surface area contributed by atoms with Crippen molar-refractivity contribution in [3.05, 3.63) is 53.9 Å². The molecular weight excluding hydrogens is 228 g/mol. The fourth-order valence-corrected chi connectivity index (χ4v) is 1.68. The Morgan fingerprint density at radius 2 is 2.06 bits per heavy atom. The Labute approximate surface area is 105 Å². The van der Waals surface area contributed by atoms with Gasteiger partial charge in [0.1, 0.15) is 17.5 Å². The molecule has 0 amide bonds. The number of ketones is 1. The molecule has 0 aliphatic heterocycles. The number of nitriles is 1. The standard InChI is InChI=1S/C14H12N2O2/c1-18-13-6-4-11(5-7-13)14(17)10-16-8-2-3-12(16)9-15/h2-8H,10H2,1H3. The van der Waals surface area contributed by atoms with E-state index in [1.807, 2.05) is 6.07 Å². The van der Waals surface area contributed by atoms with Crippen molar-refractivity contribution in [1.82, 2.24) is 4.57 Å². The monoisotopic (exact) mass is 240 g/mol. The average Bonchev–Trinajstić information content (AvgIpc) is 2.86. The lowest BCUT2D eigenvalue weighted by Gasteiger charge is -2.05. The van der Waals surface area contributed by atoms with Gasteiger partial charge < -0.3 is 9.30 Å². The molecule has 0 N–H and O–H groups in total. The summed E-state index contributed by atoms with van der Waals surface area (Å²) in [5, 5.41) is 8.86. The fourth-order valence-electron chi connectivity index (χ4n) is 1.68. The van der Waals surface area contributed by atoms with Crippen LogP contribution in [0.25, 0.3) is 0 Å². The molecule has 0 bridgehead atoms. The third kappa shape index (κ3) is 2.41. The molecular formula is C14H12N2O2. The van der Waals surface area contributed by atoms with Crippen molar-refractivity contribution in [3.8, 4) is 11.8 Å². The van der Waals surface area contributed by atoms with Crippen LogP contribution in [-0.4, -0.2) is 17.5 Å². The summed E-state index contributed by atoms with van der Waals surface area (Å²) in [6.45, 7) is 0.169. The molecule has 0 fully saturated rings. The van der Waals surface area contributed by atoms with Crippen LogP contribution in [0.5, 0.6) is 5.75 Å². The van der Waals surface area contributed by atoms with Crippen LogP contribution in [0.3, 0.4) is 0 Å². The topological polar surface area (TPSA) is 55.0 Å². The first-order valence-corrected chi connectivity index (χ1v) is 5.47. The molecule has 0 saturated carbocycles. The van der Waals surface area contributed by atoms with Crippen LogP contribution >= 0.6 is 0 Å². The number of aromatic nitrogens is 1. The quantitative estimate of drug-likeness (QED) is 0.770. The van der Waals surface area contributed by atoms with Gasteiger partial charge in [-0.3, -0.25) is 4.79 Å². The number of nitrogens with zero attached hydrogens (tertiary/aromatic N) is 2. The maximum atomic E-state index is 12.0. The molecule has 4 nitrogen and oxygen atoms in total. The highest BCUT2D eigenvalue weighted by Crippen LogP contribution is 2.12. The summed E-state index contributed by atoms with van der Waals surface area (Å²) in [7, 11) is 1.58. The fraction of sp³-hybridized carbons (Fsp3) is 0.143. The maximum Gasteiger partial charge on any atom is 0.182 e. The Morgan fingerprint density at radius 1 is 1.33 bits per heavy atom.